The van der Waals surface area contributed by atoms with Crippen molar-refractivity contribution in [3.63, 3.8) is 0 Å². The SMILES string of the molecule is Nc1ccc(OCC(=O)NCCS(=O)(=O)CCCl)c(S(=O)(=O)O)c1. The molecule has 0 bridgehead atoms. The number of nitrogens with one attached hydrogen (secondary N) is 1. The van der Waals surface area contributed by atoms with E-state index in [2.05, 4.69) is 5.32 Å². The summed E-state index contributed by atoms with van der Waals surface area (Å²) in [6.45, 7) is -0.698. The first-order chi connectivity index (χ1) is 11.0. The number of alkyl halides is 1. The molecule has 0 aliphatic rings. The first-order valence-electron chi connectivity index (χ1n) is 6.58. The molecule has 0 aliphatic carbocycles. The van der Waals surface area contributed by atoms with Crippen LogP contribution in [0.3, 0.4) is 0 Å². The molecule has 0 saturated heterocycles. The van der Waals surface area contributed by atoms with Gasteiger partial charge in [0, 0.05) is 18.1 Å². The van der Waals surface area contributed by atoms with Gasteiger partial charge in [-0.25, -0.2) is 8.42 Å². The van der Waals surface area contributed by atoms with Crippen LogP contribution in [-0.2, 0) is 24.7 Å². The molecule has 0 radical (unpaired) electrons. The summed E-state index contributed by atoms with van der Waals surface area (Å²) in [5.74, 6) is -1.41. The number of hydrogen-bond acceptors (Lipinski definition) is 7. The predicted molar refractivity (Wildman–Crippen MR) is 88.5 cm³/mol. The number of nitrogens with two attached hydrogens (primary N) is 1. The lowest BCUT2D eigenvalue weighted by atomic mass is 10.3. The van der Waals surface area contributed by atoms with E-state index in [1.807, 2.05) is 0 Å². The Kier molecular flexibility index (Phi) is 7.27. The number of amides is 1. The van der Waals surface area contributed by atoms with E-state index >= 15 is 0 Å². The van der Waals surface area contributed by atoms with Gasteiger partial charge in [0.25, 0.3) is 16.0 Å². The van der Waals surface area contributed by atoms with E-state index in [4.69, 9.17) is 26.6 Å². The molecule has 136 valence electrons. The van der Waals surface area contributed by atoms with Crippen molar-refractivity contribution in [3.8, 4) is 5.75 Å². The van der Waals surface area contributed by atoms with Crippen molar-refractivity contribution in [1.82, 2.24) is 5.32 Å². The lowest BCUT2D eigenvalue weighted by molar-refractivity contribution is -0.123. The fourth-order valence-corrected chi connectivity index (χ4v) is 3.83. The maximum Gasteiger partial charge on any atom is 0.298 e. The molecule has 0 heterocycles. The summed E-state index contributed by atoms with van der Waals surface area (Å²) in [6.07, 6.45) is 0. The Morgan fingerprint density at radius 3 is 2.50 bits per heavy atom. The topological polar surface area (TPSA) is 153 Å². The van der Waals surface area contributed by atoms with Crippen molar-refractivity contribution in [2.24, 2.45) is 0 Å². The van der Waals surface area contributed by atoms with E-state index in [9.17, 15) is 21.6 Å². The van der Waals surface area contributed by atoms with Gasteiger partial charge in [-0.15, -0.1) is 11.6 Å². The standard InChI is InChI=1S/C12H17ClN2O7S2/c13-3-5-23(17,18)6-4-15-12(16)8-22-10-2-1-9(14)7-11(10)24(19,20)21/h1-2,7H,3-6,8,14H2,(H,15,16)(H,19,20,21). The fraction of sp³-hybridized carbons (Fsp3) is 0.417. The van der Waals surface area contributed by atoms with E-state index < -0.39 is 37.4 Å². The number of benzene rings is 1. The molecule has 0 atom stereocenters. The second kappa shape index (κ2) is 8.51. The van der Waals surface area contributed by atoms with Crippen LogP contribution < -0.4 is 15.8 Å². The zero-order valence-corrected chi connectivity index (χ0v) is 14.8. The molecule has 1 aromatic carbocycles. The Morgan fingerprint density at radius 1 is 1.25 bits per heavy atom. The van der Waals surface area contributed by atoms with Gasteiger partial charge in [0.1, 0.15) is 10.6 Å². The van der Waals surface area contributed by atoms with Gasteiger partial charge in [0.05, 0.1) is 11.5 Å². The Labute approximate surface area is 144 Å². The van der Waals surface area contributed by atoms with Crippen LogP contribution >= 0.6 is 11.6 Å². The van der Waals surface area contributed by atoms with Crippen molar-refractivity contribution in [1.29, 1.82) is 0 Å². The minimum atomic E-state index is -4.58. The summed E-state index contributed by atoms with van der Waals surface area (Å²) >= 11 is 5.34. The van der Waals surface area contributed by atoms with Crippen molar-refractivity contribution >= 4 is 43.2 Å². The maximum atomic E-state index is 11.6. The molecule has 0 saturated carbocycles. The molecule has 0 aliphatic heterocycles. The summed E-state index contributed by atoms with van der Waals surface area (Å²) in [5, 5.41) is 2.31. The predicted octanol–water partition coefficient (Wildman–Crippen LogP) is -0.336. The average molecular weight is 401 g/mol. The van der Waals surface area contributed by atoms with E-state index in [1.54, 1.807) is 0 Å². The molecule has 0 fully saturated rings. The molecule has 24 heavy (non-hydrogen) atoms. The molecule has 4 N–H and O–H groups in total. The Morgan fingerprint density at radius 2 is 1.92 bits per heavy atom. The summed E-state index contributed by atoms with van der Waals surface area (Å²) < 4.78 is 59.4. The van der Waals surface area contributed by atoms with Crippen LogP contribution in [0.4, 0.5) is 5.69 Å². The number of anilines is 1. The summed E-state index contributed by atoms with van der Waals surface area (Å²) in [5.41, 5.74) is 5.52. The number of nitrogen functional groups attached to an aromatic ring is 1. The molecule has 1 amide bonds. The highest BCUT2D eigenvalue weighted by molar-refractivity contribution is 7.91. The zero-order chi connectivity index (χ0) is 18.4. The van der Waals surface area contributed by atoms with Gasteiger partial charge in [0.15, 0.2) is 16.4 Å². The van der Waals surface area contributed by atoms with Crippen molar-refractivity contribution < 1.29 is 30.9 Å². The lowest BCUT2D eigenvalue weighted by Gasteiger charge is -2.10. The van der Waals surface area contributed by atoms with E-state index in [0.29, 0.717) is 0 Å². The van der Waals surface area contributed by atoms with Crippen LogP contribution in [-0.4, -0.2) is 57.8 Å². The van der Waals surface area contributed by atoms with Crippen LogP contribution in [0.25, 0.3) is 0 Å². The van der Waals surface area contributed by atoms with Gasteiger partial charge in [-0.2, -0.15) is 8.42 Å². The smallest absolute Gasteiger partial charge is 0.298 e. The highest BCUT2D eigenvalue weighted by Crippen LogP contribution is 2.25. The van der Waals surface area contributed by atoms with Crippen LogP contribution in [0.2, 0.25) is 0 Å². The number of rotatable bonds is 9. The van der Waals surface area contributed by atoms with E-state index in [0.717, 1.165) is 6.07 Å². The first kappa shape index (κ1) is 20.5. The van der Waals surface area contributed by atoms with Gasteiger partial charge in [-0.3, -0.25) is 9.35 Å². The molecular formula is C12H17ClN2O7S2. The lowest BCUT2D eigenvalue weighted by Crippen LogP contribution is -2.33. The van der Waals surface area contributed by atoms with Crippen molar-refractivity contribution in [2.75, 3.05) is 36.3 Å². The van der Waals surface area contributed by atoms with Crippen LogP contribution in [0.1, 0.15) is 0 Å². The van der Waals surface area contributed by atoms with Crippen molar-refractivity contribution in [2.45, 2.75) is 4.90 Å². The molecule has 12 heteroatoms. The molecule has 0 unspecified atom stereocenters. The van der Waals surface area contributed by atoms with E-state index in [1.165, 1.54) is 12.1 Å². The quantitative estimate of drug-likeness (QED) is 0.289. The molecule has 0 spiro atoms. The highest BCUT2D eigenvalue weighted by Gasteiger charge is 2.18. The third-order valence-electron chi connectivity index (χ3n) is 2.73. The minimum Gasteiger partial charge on any atom is -0.482 e. The third kappa shape index (κ3) is 6.91. The normalized spacial score (nSPS) is 11.9. The van der Waals surface area contributed by atoms with Crippen LogP contribution in [0.15, 0.2) is 23.1 Å². The summed E-state index contributed by atoms with van der Waals surface area (Å²) in [7, 11) is -7.91. The van der Waals surface area contributed by atoms with Crippen LogP contribution in [0, 0.1) is 0 Å². The molecule has 1 aromatic rings. The second-order valence-electron chi connectivity index (χ2n) is 4.66. The number of sulfone groups is 1. The third-order valence-corrected chi connectivity index (χ3v) is 5.67. The number of ether oxygens (including phenoxy) is 1. The molecular weight excluding hydrogens is 384 g/mol. The van der Waals surface area contributed by atoms with E-state index in [-0.39, 0.29) is 35.4 Å². The second-order valence-corrected chi connectivity index (χ2v) is 8.73. The number of carbonyl (C=O) groups is 1. The van der Waals surface area contributed by atoms with Gasteiger partial charge in [-0.1, -0.05) is 0 Å². The minimum absolute atomic E-state index is 0.0328. The monoisotopic (exact) mass is 400 g/mol. The molecule has 9 nitrogen and oxygen atoms in total. The molecule has 0 aromatic heterocycles. The zero-order valence-electron chi connectivity index (χ0n) is 12.4. The highest BCUT2D eigenvalue weighted by atomic mass is 35.5. The molecule has 1 rings (SSSR count). The average Bonchev–Trinajstić information content (AvgIpc) is 2.44. The van der Waals surface area contributed by atoms with Gasteiger partial charge >= 0.3 is 0 Å². The Hall–Kier alpha value is -1.56. The fourth-order valence-electron chi connectivity index (χ4n) is 1.61. The summed E-state index contributed by atoms with van der Waals surface area (Å²) in [4.78, 5) is 11.0. The Bertz CT molecular complexity index is 794. The largest absolute Gasteiger partial charge is 0.482 e. The summed E-state index contributed by atoms with van der Waals surface area (Å²) in [6, 6.07) is 3.51. The number of carbonyl (C=O) groups excluding carboxylic acids is 1. The number of halogens is 1. The number of hydrogen-bond donors (Lipinski definition) is 3. The van der Waals surface area contributed by atoms with Gasteiger partial charge in [0.2, 0.25) is 0 Å². The van der Waals surface area contributed by atoms with Crippen LogP contribution in [0.5, 0.6) is 5.75 Å². The Balaban J connectivity index is 2.60. The first-order valence-corrected chi connectivity index (χ1v) is 10.4. The maximum absolute atomic E-state index is 11.6. The van der Waals surface area contributed by atoms with Crippen molar-refractivity contribution in [3.05, 3.63) is 18.2 Å². The van der Waals surface area contributed by atoms with Gasteiger partial charge < -0.3 is 15.8 Å². The van der Waals surface area contributed by atoms with Gasteiger partial charge in [-0.05, 0) is 18.2 Å².